The van der Waals surface area contributed by atoms with Crippen molar-refractivity contribution in [3.8, 4) is 0 Å². The van der Waals surface area contributed by atoms with Gasteiger partial charge in [0.25, 0.3) is 0 Å². The van der Waals surface area contributed by atoms with Gasteiger partial charge in [-0.15, -0.1) is 0 Å². The highest BCUT2D eigenvalue weighted by Gasteiger charge is 2.13. The van der Waals surface area contributed by atoms with Gasteiger partial charge in [0.1, 0.15) is 0 Å². The van der Waals surface area contributed by atoms with E-state index in [1.165, 1.54) is 131 Å². The van der Waals surface area contributed by atoms with E-state index in [-0.39, 0.29) is 0 Å². The van der Waals surface area contributed by atoms with Crippen LogP contribution in [-0.4, -0.2) is 214 Å². The molecule has 0 aliphatic carbocycles. The van der Waals surface area contributed by atoms with Gasteiger partial charge in [0.2, 0.25) is 0 Å². The van der Waals surface area contributed by atoms with Gasteiger partial charge in [-0.25, -0.2) is 0 Å². The zero-order valence-electron chi connectivity index (χ0n) is 87.9. The van der Waals surface area contributed by atoms with E-state index in [1.54, 1.807) is 0 Å². The second-order valence-corrected chi connectivity index (χ2v) is 32.0. The van der Waals surface area contributed by atoms with Crippen molar-refractivity contribution in [2.75, 3.05) is 143 Å². The molecule has 132 heavy (non-hydrogen) atoms. The van der Waals surface area contributed by atoms with E-state index in [9.17, 15) is 0 Å². The van der Waals surface area contributed by atoms with E-state index < -0.39 is 0 Å². The topological polar surface area (TPSA) is 58.7 Å². The quantitative estimate of drug-likeness (QED) is 0.0782. The van der Waals surface area contributed by atoms with E-state index >= 15 is 0 Å². The molecule has 0 fully saturated rings. The van der Waals surface area contributed by atoms with Crippen LogP contribution in [0.5, 0.6) is 0 Å². The van der Waals surface area contributed by atoms with Crippen molar-refractivity contribution in [2.45, 2.75) is 125 Å². The minimum atomic E-state index is 1.01. The lowest BCUT2D eigenvalue weighted by Crippen LogP contribution is -2.42. The third-order valence-corrected chi connectivity index (χ3v) is 23.1. The normalized spacial score (nSPS) is 10.7. The molecular formula is C117H171N15. The summed E-state index contributed by atoms with van der Waals surface area (Å²) in [6, 6.07) is 102. The van der Waals surface area contributed by atoms with Crippen molar-refractivity contribution in [3.63, 3.8) is 0 Å². The molecule has 0 aliphatic rings. The molecule has 18 aromatic rings. The fourth-order valence-electron chi connectivity index (χ4n) is 15.9. The monoisotopic (exact) mass is 1790 g/mol. The first-order valence-electron chi connectivity index (χ1n) is 48.8. The zero-order valence-corrected chi connectivity index (χ0v) is 87.9. The van der Waals surface area contributed by atoms with E-state index in [4.69, 9.17) is 0 Å². The summed E-state index contributed by atoms with van der Waals surface area (Å²) in [7, 11) is 32.0. The van der Waals surface area contributed by atoms with Gasteiger partial charge < -0.3 is 27.4 Å². The Morgan fingerprint density at radius 2 is 0.212 bits per heavy atom. The molecule has 0 amide bonds. The van der Waals surface area contributed by atoms with Crippen LogP contribution >= 0.6 is 0 Å². The van der Waals surface area contributed by atoms with E-state index in [0.717, 1.165) is 79.3 Å². The summed E-state index contributed by atoms with van der Waals surface area (Å²) < 4.78 is 13.4. The highest BCUT2D eigenvalue weighted by Crippen LogP contribution is 2.33. The van der Waals surface area contributed by atoms with Crippen LogP contribution in [0.4, 0.5) is 0 Å². The number of benzene rings is 12. The molecule has 15 heteroatoms. The Bertz CT molecular complexity index is 4950. The summed E-state index contributed by atoms with van der Waals surface area (Å²) in [6.45, 7) is 50.0. The van der Waals surface area contributed by atoms with Gasteiger partial charge >= 0.3 is 0 Å². The molecule has 0 unspecified atom stereocenters. The molecule has 12 aromatic carbocycles. The lowest BCUT2D eigenvalue weighted by Gasteiger charge is -2.30. The molecule has 6 aromatic heterocycles. The summed E-state index contributed by atoms with van der Waals surface area (Å²) in [4.78, 5) is 20.7. The van der Waals surface area contributed by atoms with Gasteiger partial charge in [-0.2, -0.15) is 0 Å². The van der Waals surface area contributed by atoms with Crippen LogP contribution in [-0.2, 0) is 42.3 Å². The number of aromatic nitrogens is 6. The number of aryl methyl sites for hydroxylation is 6. The molecule has 15 nitrogen and oxygen atoms in total. The van der Waals surface area contributed by atoms with Crippen LogP contribution in [0, 0.1) is 0 Å². The molecule has 0 atom stereocenters. The summed E-state index contributed by atoms with van der Waals surface area (Å²) >= 11 is 0. The minimum Gasteiger partial charge on any atom is -0.344 e. The van der Waals surface area contributed by atoms with Crippen molar-refractivity contribution < 1.29 is 0 Å². The van der Waals surface area contributed by atoms with Gasteiger partial charge in [-0.05, 0) is 175 Å². The molecule has 0 saturated heterocycles. The van der Waals surface area contributed by atoms with Crippen molar-refractivity contribution in [1.29, 1.82) is 0 Å². The maximum absolute atomic E-state index is 2.33. The number of hydrogen-bond donors (Lipinski definition) is 0. The molecular weight excluding hydrogens is 1620 g/mol. The smallest absolute Gasteiger partial charge is 0.0523 e. The fraction of sp³-hybridized carbons (Fsp3) is 0.385. The van der Waals surface area contributed by atoms with Crippen LogP contribution in [0.3, 0.4) is 0 Å². The first-order chi connectivity index (χ1) is 64.0. The lowest BCUT2D eigenvalue weighted by molar-refractivity contribution is 0.0879. The second kappa shape index (κ2) is 61.7. The van der Waals surface area contributed by atoms with Crippen molar-refractivity contribution in [3.05, 3.63) is 291 Å². The van der Waals surface area contributed by atoms with Gasteiger partial charge in [0, 0.05) is 180 Å². The fourth-order valence-corrected chi connectivity index (χ4v) is 15.9. The van der Waals surface area contributed by atoms with Gasteiger partial charge in [-0.3, -0.25) is 44.1 Å². The number of para-hydroxylation sites is 12. The van der Waals surface area contributed by atoms with E-state index in [1.807, 2.05) is 83.1 Å². The van der Waals surface area contributed by atoms with Crippen LogP contribution in [0.15, 0.2) is 291 Å². The summed E-state index contributed by atoms with van der Waals surface area (Å²) in [5, 5.41) is 16.1. The predicted molar refractivity (Wildman–Crippen MR) is 593 cm³/mol. The van der Waals surface area contributed by atoms with Crippen LogP contribution in [0.1, 0.15) is 125 Å². The SMILES string of the molecule is CC.CC.CC.CC.CC.CC.CCN(C)CN(C)CC.CCN(C)CN(C)CN(C)CC.CCN(C)CN(C)CN(C)CN(C)CC.Cn1c2ccccc2c2ccccc21.Cn1c2ccccc2c2ccccc21.Cn1c2ccccc2c2ccccc21.Cn1c2ccccc2c2ccccc21.Cn1c2ccccc2c2ccccc21.Cn1c2ccccc2c2ccccc21. The summed E-state index contributed by atoms with van der Waals surface area (Å²) in [6.07, 6.45) is 0. The largest absolute Gasteiger partial charge is 0.344 e. The Hall–Kier alpha value is -10.9. The van der Waals surface area contributed by atoms with E-state index in [2.05, 4.69) is 510 Å². The lowest BCUT2D eigenvalue weighted by atomic mass is 10.2. The first kappa shape index (κ1) is 113. The minimum absolute atomic E-state index is 1.01. The Kier molecular flexibility index (Phi) is 53.0. The molecule has 0 saturated carbocycles. The van der Waals surface area contributed by atoms with Gasteiger partial charge in [-0.1, -0.05) is 343 Å². The maximum atomic E-state index is 2.33. The second-order valence-electron chi connectivity index (χ2n) is 32.0. The molecule has 0 spiro atoms. The number of fused-ring (bicyclic) bond motifs is 18. The summed E-state index contributed by atoms with van der Waals surface area (Å²) in [5.74, 6) is 0. The molecule has 6 heterocycles. The first-order valence-corrected chi connectivity index (χ1v) is 48.8. The zero-order chi connectivity index (χ0) is 97.9. The third kappa shape index (κ3) is 31.6. The molecule has 0 N–H and O–H groups in total. The molecule has 0 bridgehead atoms. The Labute approximate surface area is 798 Å². The van der Waals surface area contributed by atoms with E-state index in [0.29, 0.717) is 0 Å². The van der Waals surface area contributed by atoms with Gasteiger partial charge in [0.05, 0.1) is 33.3 Å². The molecule has 714 valence electrons. The van der Waals surface area contributed by atoms with Crippen molar-refractivity contribution >= 4 is 131 Å². The van der Waals surface area contributed by atoms with Crippen LogP contribution in [0.25, 0.3) is 131 Å². The van der Waals surface area contributed by atoms with Crippen molar-refractivity contribution in [1.82, 2.24) is 71.5 Å². The average Bonchev–Trinajstić information content (AvgIpc) is 1.66. The number of rotatable bonds is 18. The average molecular weight is 1790 g/mol. The highest BCUT2D eigenvalue weighted by molar-refractivity contribution is 6.12. The molecule has 18 rings (SSSR count). The Morgan fingerprint density at radius 3 is 0.303 bits per heavy atom. The predicted octanol–water partition coefficient (Wildman–Crippen LogP) is 28.4. The van der Waals surface area contributed by atoms with Crippen LogP contribution in [0.2, 0.25) is 0 Å². The van der Waals surface area contributed by atoms with Gasteiger partial charge in [0.15, 0.2) is 0 Å². The maximum Gasteiger partial charge on any atom is 0.0523 e. The third-order valence-electron chi connectivity index (χ3n) is 23.1. The van der Waals surface area contributed by atoms with Crippen LogP contribution < -0.4 is 0 Å². The standard InChI is InChI=1S/6C13H11N.C11H28N4.C9H23N3.C7H18N2.6C2H6/c6*1-14-12-8-4-2-6-10(12)11-7-3-5-9-13(11)14;1-7-12(3)9-14(5)11-15(6)10-13(4)8-2;1-6-10(3)8-12(5)9-11(4)7-2;1-5-8(3)7-9(4)6-2;6*1-2/h6*2-9H,1H3;7-11H2,1-6H3;6-9H2,1-5H3;5-7H2,1-4H3;6*1-2H3. The highest BCUT2D eigenvalue weighted by atomic mass is 15.4. The molecule has 0 aliphatic heterocycles. The number of nitrogens with zero attached hydrogens (tertiary/aromatic N) is 15. The molecule has 0 radical (unpaired) electrons. The van der Waals surface area contributed by atoms with Crippen molar-refractivity contribution in [2.24, 2.45) is 42.3 Å². The Morgan fingerprint density at radius 1 is 0.136 bits per heavy atom. The number of hydrogen-bond acceptors (Lipinski definition) is 9. The Balaban J connectivity index is 0.000000307. The summed E-state index contributed by atoms with van der Waals surface area (Å²) in [5.41, 5.74) is 15.6.